The van der Waals surface area contributed by atoms with E-state index in [9.17, 15) is 9.70 Å². The average Bonchev–Trinajstić information content (AvgIpc) is 2.91. The van der Waals surface area contributed by atoms with Gasteiger partial charge in [0.15, 0.2) is 0 Å². The van der Waals surface area contributed by atoms with Gasteiger partial charge < -0.3 is 4.74 Å². The molecule has 0 N–H and O–H groups in total. The van der Waals surface area contributed by atoms with E-state index in [0.29, 0.717) is 13.2 Å². The van der Waals surface area contributed by atoms with Crippen LogP contribution in [-0.4, -0.2) is 43.2 Å². The third-order valence-electron chi connectivity index (χ3n) is 7.80. The third kappa shape index (κ3) is 21.6. The lowest BCUT2D eigenvalue weighted by molar-refractivity contribution is -0.149. The van der Waals surface area contributed by atoms with E-state index in [-0.39, 0.29) is 17.9 Å². The summed E-state index contributed by atoms with van der Waals surface area (Å²) in [7, 11) is 0. The fraction of sp³-hybridized carbons (Fsp3) is 0.969. The molecule has 0 aliphatic rings. The Balaban J connectivity index is 4.28. The summed E-state index contributed by atoms with van der Waals surface area (Å²) in [6.45, 7) is 12.0. The van der Waals surface area contributed by atoms with Crippen LogP contribution < -0.4 is 0 Å². The van der Waals surface area contributed by atoms with Crippen molar-refractivity contribution >= 4 is 5.97 Å². The Hall–Kier alpha value is -0.970. The largest absolute Gasteiger partial charge is 0.465 e. The van der Waals surface area contributed by atoms with Gasteiger partial charge in [-0.2, -0.15) is 4.91 Å². The van der Waals surface area contributed by atoms with Crippen LogP contribution in [0.2, 0.25) is 0 Å². The molecule has 0 aromatic carbocycles. The van der Waals surface area contributed by atoms with Crippen LogP contribution in [0.3, 0.4) is 0 Å². The topological polar surface area (TPSA) is 59.0 Å². The van der Waals surface area contributed by atoms with Gasteiger partial charge in [-0.3, -0.25) is 9.69 Å². The molecule has 0 fully saturated rings. The molecule has 0 aliphatic carbocycles. The van der Waals surface area contributed by atoms with Crippen molar-refractivity contribution in [3.8, 4) is 0 Å². The van der Waals surface area contributed by atoms with Crippen molar-refractivity contribution in [2.75, 3.05) is 26.2 Å². The normalized spacial score (nSPS) is 13.1. The Morgan fingerprint density at radius 2 is 1.11 bits per heavy atom. The van der Waals surface area contributed by atoms with E-state index >= 15 is 0 Å². The highest BCUT2D eigenvalue weighted by molar-refractivity contribution is 5.72. The highest BCUT2D eigenvalue weighted by Crippen LogP contribution is 2.21. The smallest absolute Gasteiger partial charge is 0.308 e. The summed E-state index contributed by atoms with van der Waals surface area (Å²) in [4.78, 5) is 26.2. The van der Waals surface area contributed by atoms with Crippen LogP contribution in [0, 0.1) is 10.8 Å². The number of hydrogen-bond acceptors (Lipinski definition) is 5. The summed E-state index contributed by atoms with van der Waals surface area (Å²) < 4.78 is 5.75. The van der Waals surface area contributed by atoms with E-state index in [1.807, 2.05) is 0 Å². The number of unbranched alkanes of at least 4 members (excludes halogenated alkanes) is 14. The molecule has 0 aliphatic heterocycles. The fourth-order valence-electron chi connectivity index (χ4n) is 5.24. The van der Waals surface area contributed by atoms with Gasteiger partial charge in [-0.25, -0.2) is 0 Å². The highest BCUT2D eigenvalue weighted by Gasteiger charge is 2.19. The van der Waals surface area contributed by atoms with Gasteiger partial charge in [-0.15, -0.1) is 0 Å². The van der Waals surface area contributed by atoms with E-state index < -0.39 is 0 Å². The minimum absolute atomic E-state index is 0.0514. The predicted molar refractivity (Wildman–Crippen MR) is 160 cm³/mol. The van der Waals surface area contributed by atoms with Crippen molar-refractivity contribution < 1.29 is 9.53 Å². The van der Waals surface area contributed by atoms with Crippen LogP contribution in [0.25, 0.3) is 0 Å². The molecule has 0 saturated heterocycles. The zero-order valence-corrected chi connectivity index (χ0v) is 25.5. The second-order valence-electron chi connectivity index (χ2n) is 11.2. The molecule has 0 bridgehead atoms. The van der Waals surface area contributed by atoms with Crippen LogP contribution in [-0.2, 0) is 9.53 Å². The molecule has 0 rings (SSSR count). The van der Waals surface area contributed by atoms with Crippen LogP contribution in [0.1, 0.15) is 163 Å². The summed E-state index contributed by atoms with van der Waals surface area (Å²) in [5.41, 5.74) is 0. The number of nitrogens with zero attached hydrogens (tertiary/aromatic N) is 2. The maximum atomic E-state index is 12.8. The lowest BCUT2D eigenvalue weighted by Gasteiger charge is -2.29. The van der Waals surface area contributed by atoms with E-state index in [1.54, 1.807) is 0 Å². The molecule has 37 heavy (non-hydrogen) atoms. The first-order valence-electron chi connectivity index (χ1n) is 16.3. The summed E-state index contributed by atoms with van der Waals surface area (Å²) in [6.07, 6.45) is 24.8. The van der Waals surface area contributed by atoms with Gasteiger partial charge in [0.2, 0.25) is 0 Å². The average molecular weight is 525 g/mol. The van der Waals surface area contributed by atoms with E-state index in [1.165, 1.54) is 77.0 Å². The zero-order chi connectivity index (χ0) is 27.4. The molecule has 0 radical (unpaired) electrons. The Bertz CT molecular complexity index is 500. The summed E-state index contributed by atoms with van der Waals surface area (Å²) in [5, 5.41) is 3.19. The van der Waals surface area contributed by atoms with Crippen molar-refractivity contribution in [1.29, 1.82) is 0 Å². The number of rotatable bonds is 29. The van der Waals surface area contributed by atoms with E-state index in [4.69, 9.17) is 4.74 Å². The Kier molecular flexibility index (Phi) is 27.3. The molecule has 220 valence electrons. The van der Waals surface area contributed by atoms with Crippen LogP contribution in [0.4, 0.5) is 0 Å². The van der Waals surface area contributed by atoms with Crippen molar-refractivity contribution in [3.05, 3.63) is 4.91 Å². The molecule has 0 heterocycles. The maximum absolute atomic E-state index is 12.8. The van der Waals surface area contributed by atoms with Gasteiger partial charge in [0, 0.05) is 6.04 Å². The molecule has 0 spiro atoms. The number of carbonyl (C=O) groups is 1. The number of nitroso groups, excluding NO2 is 1. The van der Waals surface area contributed by atoms with Gasteiger partial charge in [0.1, 0.15) is 0 Å². The van der Waals surface area contributed by atoms with E-state index in [2.05, 4.69) is 37.8 Å². The van der Waals surface area contributed by atoms with Gasteiger partial charge in [0.05, 0.1) is 19.1 Å². The molecule has 0 saturated carbocycles. The number of esters is 1. The summed E-state index contributed by atoms with van der Waals surface area (Å²) in [5.74, 6) is 0.150. The van der Waals surface area contributed by atoms with Gasteiger partial charge in [-0.05, 0) is 51.6 Å². The lowest BCUT2D eigenvalue weighted by atomic mass is 9.94. The van der Waals surface area contributed by atoms with E-state index in [0.717, 1.165) is 70.9 Å². The summed E-state index contributed by atoms with van der Waals surface area (Å²) in [6, 6.07) is 0.279. The van der Waals surface area contributed by atoms with Crippen molar-refractivity contribution in [2.45, 2.75) is 169 Å². The third-order valence-corrected chi connectivity index (χ3v) is 7.80. The number of hydrogen-bond donors (Lipinski definition) is 0. The predicted octanol–water partition coefficient (Wildman–Crippen LogP) is 9.85. The Morgan fingerprint density at radius 1 is 0.649 bits per heavy atom. The molecule has 0 aromatic rings. The molecular formula is C32H64N2O3. The number of ether oxygens (including phenoxy) is 1. The monoisotopic (exact) mass is 524 g/mol. The molecular weight excluding hydrogens is 460 g/mol. The standard InChI is InChI=1S/C32H64N2O3/c1-5-9-12-15-16-20-25-30(24-19-13-10-6-2)32(35)37-28-23-18-17-22-27-34(26-21-14-11-7-3)31(8-4)29-33-36/h30-31H,5-29H2,1-4H3. The number of carbonyl (C=O) groups excluding carboxylic acids is 1. The first-order valence-corrected chi connectivity index (χ1v) is 16.3. The fourth-order valence-corrected chi connectivity index (χ4v) is 5.24. The minimum atomic E-state index is 0.0514. The summed E-state index contributed by atoms with van der Waals surface area (Å²) >= 11 is 0. The van der Waals surface area contributed by atoms with Crippen molar-refractivity contribution in [3.63, 3.8) is 0 Å². The second-order valence-corrected chi connectivity index (χ2v) is 11.2. The first kappa shape index (κ1) is 36.0. The van der Waals surface area contributed by atoms with Crippen LogP contribution >= 0.6 is 0 Å². The molecule has 2 unspecified atom stereocenters. The molecule has 0 amide bonds. The first-order chi connectivity index (χ1) is 18.1. The molecule has 2 atom stereocenters. The van der Waals surface area contributed by atoms with Crippen LogP contribution in [0.5, 0.6) is 0 Å². The quantitative estimate of drug-likeness (QED) is 0.0555. The minimum Gasteiger partial charge on any atom is -0.465 e. The van der Waals surface area contributed by atoms with Gasteiger partial charge in [0.25, 0.3) is 0 Å². The van der Waals surface area contributed by atoms with Crippen molar-refractivity contribution in [1.82, 2.24) is 4.90 Å². The Morgan fingerprint density at radius 3 is 1.65 bits per heavy atom. The van der Waals surface area contributed by atoms with Crippen LogP contribution in [0.15, 0.2) is 5.18 Å². The molecule has 5 nitrogen and oxygen atoms in total. The molecule has 5 heteroatoms. The second kappa shape index (κ2) is 28.0. The zero-order valence-electron chi connectivity index (χ0n) is 25.5. The maximum Gasteiger partial charge on any atom is 0.308 e. The molecule has 0 aromatic heterocycles. The van der Waals surface area contributed by atoms with Crippen molar-refractivity contribution in [2.24, 2.45) is 11.1 Å². The van der Waals surface area contributed by atoms with Gasteiger partial charge >= 0.3 is 5.97 Å². The Labute approximate surface area is 231 Å². The lowest BCUT2D eigenvalue weighted by Crippen LogP contribution is -2.38. The highest BCUT2D eigenvalue weighted by atomic mass is 16.5. The SMILES string of the molecule is CCCCCCCCC(CCCCCC)C(=O)OCCCCCCN(CCCCCC)C(CC)CN=O. The van der Waals surface area contributed by atoms with Gasteiger partial charge in [-0.1, -0.05) is 129 Å².